The monoisotopic (exact) mass is 299 g/mol. The lowest BCUT2D eigenvalue weighted by Crippen LogP contribution is -2.59. The third-order valence-corrected chi connectivity index (χ3v) is 3.57. The molecule has 0 aliphatic carbocycles. The minimum absolute atomic E-state index is 0.0410. The van der Waals surface area contributed by atoms with Gasteiger partial charge >= 0.3 is 6.09 Å². The lowest BCUT2D eigenvalue weighted by molar-refractivity contribution is -0.136. The van der Waals surface area contributed by atoms with Gasteiger partial charge in [0.2, 0.25) is 5.91 Å². The summed E-state index contributed by atoms with van der Waals surface area (Å²) < 4.78 is 5.39. The van der Waals surface area contributed by atoms with Crippen molar-refractivity contribution in [2.24, 2.45) is 11.7 Å². The summed E-state index contributed by atoms with van der Waals surface area (Å²) in [6, 6.07) is -0.554. The van der Waals surface area contributed by atoms with Crippen molar-refractivity contribution in [3.05, 3.63) is 0 Å². The van der Waals surface area contributed by atoms with Gasteiger partial charge in [-0.25, -0.2) is 4.79 Å². The van der Waals surface area contributed by atoms with Gasteiger partial charge in [-0.1, -0.05) is 13.8 Å². The number of nitrogens with two attached hydrogens (primary N) is 1. The number of nitrogens with zero attached hydrogens (tertiary/aromatic N) is 2. The van der Waals surface area contributed by atoms with Crippen LogP contribution in [-0.4, -0.2) is 59.1 Å². The van der Waals surface area contributed by atoms with Crippen LogP contribution in [0.15, 0.2) is 0 Å². The zero-order valence-corrected chi connectivity index (χ0v) is 14.0. The number of amides is 2. The van der Waals surface area contributed by atoms with Gasteiger partial charge in [0.15, 0.2) is 0 Å². The van der Waals surface area contributed by atoms with Crippen molar-refractivity contribution in [2.75, 3.05) is 19.6 Å². The molecule has 1 rings (SSSR count). The second kappa shape index (κ2) is 6.64. The molecule has 2 atom stereocenters. The molecule has 1 saturated heterocycles. The van der Waals surface area contributed by atoms with Crippen molar-refractivity contribution in [1.29, 1.82) is 0 Å². The van der Waals surface area contributed by atoms with E-state index in [0.717, 1.165) is 0 Å². The zero-order chi connectivity index (χ0) is 16.4. The Morgan fingerprint density at radius 3 is 2.24 bits per heavy atom. The molecule has 1 aliphatic heterocycles. The van der Waals surface area contributed by atoms with Crippen LogP contribution < -0.4 is 5.73 Å². The summed E-state index contributed by atoms with van der Waals surface area (Å²) in [5.41, 5.74) is 5.41. The van der Waals surface area contributed by atoms with Gasteiger partial charge in [-0.3, -0.25) is 4.79 Å². The highest BCUT2D eigenvalue weighted by Gasteiger charge is 2.34. The van der Waals surface area contributed by atoms with Crippen molar-refractivity contribution in [3.8, 4) is 0 Å². The highest BCUT2D eigenvalue weighted by atomic mass is 16.6. The Bertz CT molecular complexity index is 390. The minimum Gasteiger partial charge on any atom is -0.444 e. The summed E-state index contributed by atoms with van der Waals surface area (Å²) in [5.74, 6) is 0.0670. The second-order valence-corrected chi connectivity index (χ2v) is 7.08. The van der Waals surface area contributed by atoms with Crippen LogP contribution in [0.1, 0.15) is 41.5 Å². The maximum atomic E-state index is 12.3. The number of piperazine rings is 1. The molecule has 122 valence electrons. The molecule has 6 heteroatoms. The number of carbonyl (C=O) groups is 2. The normalized spacial score (nSPS) is 21.4. The smallest absolute Gasteiger partial charge is 0.410 e. The highest BCUT2D eigenvalue weighted by molar-refractivity contribution is 5.82. The van der Waals surface area contributed by atoms with E-state index in [1.807, 2.05) is 41.5 Å². The topological polar surface area (TPSA) is 75.9 Å². The molecule has 1 aliphatic rings. The number of hydrogen-bond acceptors (Lipinski definition) is 4. The SMILES string of the molecule is CC(C)[C@H](N)C(=O)N1CCN(C(=O)OC(C)(C)C)[C@H](C)C1. The van der Waals surface area contributed by atoms with Gasteiger partial charge in [0.05, 0.1) is 6.04 Å². The summed E-state index contributed by atoms with van der Waals surface area (Å²) in [4.78, 5) is 27.8. The third-order valence-electron chi connectivity index (χ3n) is 3.57. The van der Waals surface area contributed by atoms with E-state index in [2.05, 4.69) is 0 Å². The maximum absolute atomic E-state index is 12.3. The molecule has 2 amide bonds. The lowest BCUT2D eigenvalue weighted by atomic mass is 10.0. The summed E-state index contributed by atoms with van der Waals surface area (Å²) >= 11 is 0. The molecular formula is C15H29N3O3. The largest absolute Gasteiger partial charge is 0.444 e. The second-order valence-electron chi connectivity index (χ2n) is 7.08. The van der Waals surface area contributed by atoms with Crippen molar-refractivity contribution in [1.82, 2.24) is 9.80 Å². The van der Waals surface area contributed by atoms with E-state index in [9.17, 15) is 9.59 Å². The highest BCUT2D eigenvalue weighted by Crippen LogP contribution is 2.16. The van der Waals surface area contributed by atoms with E-state index in [-0.39, 0.29) is 24.0 Å². The van der Waals surface area contributed by atoms with Crippen LogP contribution in [0.5, 0.6) is 0 Å². The molecule has 0 bridgehead atoms. The number of hydrogen-bond donors (Lipinski definition) is 1. The van der Waals surface area contributed by atoms with Gasteiger partial charge < -0.3 is 20.3 Å². The molecule has 1 fully saturated rings. The van der Waals surface area contributed by atoms with Gasteiger partial charge in [0.1, 0.15) is 5.60 Å². The zero-order valence-electron chi connectivity index (χ0n) is 14.0. The fourth-order valence-electron chi connectivity index (χ4n) is 2.25. The van der Waals surface area contributed by atoms with E-state index >= 15 is 0 Å². The van der Waals surface area contributed by atoms with Crippen molar-refractivity contribution >= 4 is 12.0 Å². The van der Waals surface area contributed by atoms with Crippen molar-refractivity contribution in [3.63, 3.8) is 0 Å². The summed E-state index contributed by atoms with van der Waals surface area (Å²) in [7, 11) is 0. The molecule has 0 aromatic carbocycles. The van der Waals surface area contributed by atoms with Gasteiger partial charge in [-0.05, 0) is 33.6 Å². The van der Waals surface area contributed by atoms with Gasteiger partial charge in [0.25, 0.3) is 0 Å². The van der Waals surface area contributed by atoms with E-state index in [1.165, 1.54) is 0 Å². The van der Waals surface area contributed by atoms with Gasteiger partial charge in [-0.15, -0.1) is 0 Å². The Kier molecular flexibility index (Phi) is 5.61. The third kappa shape index (κ3) is 4.88. The summed E-state index contributed by atoms with van der Waals surface area (Å²) in [5, 5.41) is 0. The van der Waals surface area contributed by atoms with Crippen LogP contribution in [0.4, 0.5) is 4.79 Å². The summed E-state index contributed by atoms with van der Waals surface area (Å²) in [6.45, 7) is 12.8. The van der Waals surface area contributed by atoms with E-state index in [1.54, 1.807) is 9.80 Å². The predicted octanol–water partition coefficient (Wildman–Crippen LogP) is 1.44. The number of carbonyl (C=O) groups excluding carboxylic acids is 2. The van der Waals surface area contributed by atoms with Crippen LogP contribution in [0.2, 0.25) is 0 Å². The van der Waals surface area contributed by atoms with Gasteiger partial charge in [0, 0.05) is 25.7 Å². The molecule has 6 nitrogen and oxygen atoms in total. The fraction of sp³-hybridized carbons (Fsp3) is 0.867. The number of rotatable bonds is 2. The Hall–Kier alpha value is -1.30. The number of ether oxygens (including phenoxy) is 1. The average Bonchev–Trinajstić information content (AvgIpc) is 2.34. The van der Waals surface area contributed by atoms with E-state index < -0.39 is 11.6 Å². The Labute approximate surface area is 127 Å². The van der Waals surface area contributed by atoms with E-state index in [4.69, 9.17) is 10.5 Å². The Morgan fingerprint density at radius 2 is 1.81 bits per heavy atom. The quantitative estimate of drug-likeness (QED) is 0.837. The molecular weight excluding hydrogens is 270 g/mol. The molecule has 0 aromatic heterocycles. The van der Waals surface area contributed by atoms with E-state index in [0.29, 0.717) is 19.6 Å². The first-order chi connectivity index (χ1) is 9.53. The Balaban J connectivity index is 2.62. The first kappa shape index (κ1) is 17.8. The van der Waals surface area contributed by atoms with Crippen LogP contribution >= 0.6 is 0 Å². The predicted molar refractivity (Wildman–Crippen MR) is 81.8 cm³/mol. The van der Waals surface area contributed by atoms with Crippen LogP contribution in [0, 0.1) is 5.92 Å². The molecule has 0 aromatic rings. The van der Waals surface area contributed by atoms with Crippen LogP contribution in [0.25, 0.3) is 0 Å². The van der Waals surface area contributed by atoms with Crippen LogP contribution in [-0.2, 0) is 9.53 Å². The molecule has 2 N–H and O–H groups in total. The van der Waals surface area contributed by atoms with Gasteiger partial charge in [-0.2, -0.15) is 0 Å². The standard InChI is InChI=1S/C15H29N3O3/c1-10(2)12(16)13(19)17-7-8-18(11(3)9-17)14(20)21-15(4,5)6/h10-12H,7-9,16H2,1-6H3/t11-,12+/m1/s1. The molecule has 1 heterocycles. The first-order valence-corrected chi connectivity index (χ1v) is 7.57. The average molecular weight is 299 g/mol. The molecule has 0 unspecified atom stereocenters. The van der Waals surface area contributed by atoms with Crippen molar-refractivity contribution in [2.45, 2.75) is 59.2 Å². The first-order valence-electron chi connectivity index (χ1n) is 7.57. The summed E-state index contributed by atoms with van der Waals surface area (Å²) in [6.07, 6.45) is -0.324. The van der Waals surface area contributed by atoms with Crippen molar-refractivity contribution < 1.29 is 14.3 Å². The Morgan fingerprint density at radius 1 is 1.24 bits per heavy atom. The minimum atomic E-state index is -0.510. The maximum Gasteiger partial charge on any atom is 0.410 e. The molecule has 0 spiro atoms. The molecule has 0 radical (unpaired) electrons. The fourth-order valence-corrected chi connectivity index (χ4v) is 2.25. The lowest BCUT2D eigenvalue weighted by Gasteiger charge is -2.41. The van der Waals surface area contributed by atoms with Crippen LogP contribution in [0.3, 0.4) is 0 Å². The molecule has 21 heavy (non-hydrogen) atoms. The molecule has 0 saturated carbocycles.